The van der Waals surface area contributed by atoms with Crippen LogP contribution < -0.4 is 0 Å². The second-order valence-corrected chi connectivity index (χ2v) is 10.00. The molecule has 1 atom stereocenters. The van der Waals surface area contributed by atoms with Gasteiger partial charge in [-0.05, 0) is 75.1 Å². The Kier molecular flexibility index (Phi) is 6.70. The van der Waals surface area contributed by atoms with E-state index >= 15 is 0 Å². The first-order chi connectivity index (χ1) is 16.5. The molecule has 5 nitrogen and oxygen atoms in total. The molecule has 0 radical (unpaired) electrons. The van der Waals surface area contributed by atoms with Gasteiger partial charge in [0.1, 0.15) is 11.4 Å². The normalized spacial score (nSPS) is 21.5. The number of hydrogen-bond donors (Lipinski definition) is 0. The van der Waals surface area contributed by atoms with Crippen molar-refractivity contribution in [1.82, 2.24) is 9.80 Å². The van der Waals surface area contributed by atoms with Crippen molar-refractivity contribution in [3.63, 3.8) is 0 Å². The Morgan fingerprint density at radius 1 is 1.06 bits per heavy atom. The predicted octanol–water partition coefficient (Wildman–Crippen LogP) is 4.54. The first kappa shape index (κ1) is 23.1. The first-order valence-corrected chi connectivity index (χ1v) is 12.3. The van der Waals surface area contributed by atoms with Crippen LogP contribution in [0.25, 0.3) is 11.0 Å². The second kappa shape index (κ2) is 9.88. The maximum absolute atomic E-state index is 14.6. The van der Waals surface area contributed by atoms with Crippen LogP contribution in [0.2, 0.25) is 0 Å². The highest BCUT2D eigenvalue weighted by Crippen LogP contribution is 2.38. The summed E-state index contributed by atoms with van der Waals surface area (Å²) in [7, 11) is 2.09. The molecule has 180 valence electrons. The van der Waals surface area contributed by atoms with E-state index in [1.807, 2.05) is 35.2 Å². The molecule has 2 aliphatic rings. The Balaban J connectivity index is 1.37. The van der Waals surface area contributed by atoms with Crippen LogP contribution in [0.5, 0.6) is 0 Å². The monoisotopic (exact) mass is 464 g/mol. The number of piperidine rings is 1. The van der Waals surface area contributed by atoms with E-state index in [1.165, 1.54) is 11.6 Å². The molecule has 5 rings (SSSR count). The lowest BCUT2D eigenvalue weighted by Crippen LogP contribution is -2.52. The summed E-state index contributed by atoms with van der Waals surface area (Å²) in [5, 5.41) is 1.12. The molecule has 0 unspecified atom stereocenters. The van der Waals surface area contributed by atoms with Crippen molar-refractivity contribution in [1.29, 1.82) is 0 Å². The third kappa shape index (κ3) is 4.75. The third-order valence-electron chi connectivity index (χ3n) is 7.60. The highest BCUT2D eigenvalue weighted by atomic mass is 19.1. The molecule has 1 amide bonds. The molecule has 0 aliphatic carbocycles. The average molecular weight is 465 g/mol. The number of halogens is 1. The van der Waals surface area contributed by atoms with Gasteiger partial charge in [-0.15, -0.1) is 0 Å². The summed E-state index contributed by atoms with van der Waals surface area (Å²) in [5.41, 5.74) is 2.16. The number of nitrogens with zero attached hydrogens (tertiary/aromatic N) is 2. The van der Waals surface area contributed by atoms with Gasteiger partial charge in [0, 0.05) is 24.4 Å². The van der Waals surface area contributed by atoms with Crippen molar-refractivity contribution < 1.29 is 18.3 Å². The van der Waals surface area contributed by atoms with Crippen LogP contribution in [0, 0.1) is 17.2 Å². The van der Waals surface area contributed by atoms with Crippen LogP contribution in [0.15, 0.2) is 59.2 Å². The van der Waals surface area contributed by atoms with Gasteiger partial charge in [0.2, 0.25) is 5.91 Å². The zero-order valence-electron chi connectivity index (χ0n) is 19.8. The molecule has 3 aromatic rings. The van der Waals surface area contributed by atoms with Gasteiger partial charge in [0.05, 0.1) is 24.9 Å². The van der Waals surface area contributed by atoms with Gasteiger partial charge >= 0.3 is 0 Å². The van der Waals surface area contributed by atoms with Gasteiger partial charge in [0.15, 0.2) is 0 Å². The SMILES string of the molecule is CN1CCC(Cc2ccccc2F)(C(=O)N2CCOC[C@H](Cc3cccc4occc34)C2)CC1. The fourth-order valence-corrected chi connectivity index (χ4v) is 5.59. The first-order valence-electron chi connectivity index (χ1n) is 12.3. The van der Waals surface area contributed by atoms with Crippen LogP contribution in [-0.2, 0) is 22.4 Å². The molecule has 1 aromatic heterocycles. The second-order valence-electron chi connectivity index (χ2n) is 10.00. The third-order valence-corrected chi connectivity index (χ3v) is 7.60. The Morgan fingerprint density at radius 3 is 2.68 bits per heavy atom. The summed E-state index contributed by atoms with van der Waals surface area (Å²) in [6, 6.07) is 15.0. The standard InChI is InChI=1S/C28H33FN2O3/c1-30-12-10-28(11-13-30,18-23-5-2-3-7-25(23)29)27(32)31-14-16-33-20-21(19-31)17-22-6-4-8-26-24(22)9-15-34-26/h2-9,15,21H,10-14,16-20H2,1H3/t21-/m1/s1. The molecule has 0 spiro atoms. The number of fused-ring (bicyclic) bond motifs is 1. The van der Waals surface area contributed by atoms with Gasteiger partial charge in [0.25, 0.3) is 0 Å². The minimum absolute atomic E-state index is 0.154. The molecule has 0 bridgehead atoms. The molecular weight excluding hydrogens is 431 g/mol. The van der Waals surface area contributed by atoms with E-state index < -0.39 is 5.41 Å². The Morgan fingerprint density at radius 2 is 1.85 bits per heavy atom. The molecule has 0 N–H and O–H groups in total. The summed E-state index contributed by atoms with van der Waals surface area (Å²) in [5.74, 6) is 0.128. The number of likely N-dealkylation sites (tertiary alicyclic amines) is 1. The summed E-state index contributed by atoms with van der Waals surface area (Å²) in [4.78, 5) is 18.4. The number of furan rings is 1. The quantitative estimate of drug-likeness (QED) is 0.556. The molecule has 2 aliphatic heterocycles. The number of hydrogen-bond acceptors (Lipinski definition) is 4. The molecule has 0 saturated carbocycles. The van der Waals surface area contributed by atoms with E-state index in [0.29, 0.717) is 38.3 Å². The van der Waals surface area contributed by atoms with Gasteiger partial charge in [-0.1, -0.05) is 30.3 Å². The van der Waals surface area contributed by atoms with Crippen molar-refractivity contribution >= 4 is 16.9 Å². The van der Waals surface area contributed by atoms with Gasteiger partial charge in [-0.2, -0.15) is 0 Å². The number of amides is 1. The smallest absolute Gasteiger partial charge is 0.229 e. The number of rotatable bonds is 5. The summed E-state index contributed by atoms with van der Waals surface area (Å²) >= 11 is 0. The zero-order valence-corrected chi connectivity index (χ0v) is 19.8. The Hall–Kier alpha value is -2.70. The fraction of sp³-hybridized carbons (Fsp3) is 0.464. The van der Waals surface area contributed by atoms with E-state index in [0.717, 1.165) is 43.3 Å². The minimum atomic E-state index is -0.575. The van der Waals surface area contributed by atoms with Crippen molar-refractivity contribution in [2.24, 2.45) is 11.3 Å². The van der Waals surface area contributed by atoms with E-state index in [-0.39, 0.29) is 17.6 Å². The maximum atomic E-state index is 14.6. The number of ether oxygens (including phenoxy) is 1. The zero-order chi connectivity index (χ0) is 23.5. The van der Waals surface area contributed by atoms with Crippen LogP contribution >= 0.6 is 0 Å². The van der Waals surface area contributed by atoms with Crippen LogP contribution in [0.1, 0.15) is 24.0 Å². The summed E-state index contributed by atoms with van der Waals surface area (Å²) in [6.45, 7) is 4.09. The molecule has 34 heavy (non-hydrogen) atoms. The lowest BCUT2D eigenvalue weighted by Gasteiger charge is -2.42. The van der Waals surface area contributed by atoms with Gasteiger partial charge in [-0.3, -0.25) is 4.79 Å². The topological polar surface area (TPSA) is 45.9 Å². The van der Waals surface area contributed by atoms with Crippen molar-refractivity contribution in [2.75, 3.05) is 46.4 Å². The summed E-state index contributed by atoms with van der Waals surface area (Å²) in [6.07, 6.45) is 4.48. The number of benzene rings is 2. The van der Waals surface area contributed by atoms with Crippen molar-refractivity contribution in [3.8, 4) is 0 Å². The fourth-order valence-electron chi connectivity index (χ4n) is 5.59. The largest absolute Gasteiger partial charge is 0.464 e. The molecule has 6 heteroatoms. The van der Waals surface area contributed by atoms with Gasteiger partial charge < -0.3 is 19.0 Å². The molecule has 2 fully saturated rings. The molecule has 2 saturated heterocycles. The maximum Gasteiger partial charge on any atom is 0.229 e. The molecular formula is C28H33FN2O3. The van der Waals surface area contributed by atoms with E-state index in [9.17, 15) is 9.18 Å². The predicted molar refractivity (Wildman–Crippen MR) is 130 cm³/mol. The van der Waals surface area contributed by atoms with Crippen LogP contribution in [-0.4, -0.2) is 62.1 Å². The van der Waals surface area contributed by atoms with E-state index in [4.69, 9.17) is 9.15 Å². The van der Waals surface area contributed by atoms with E-state index in [1.54, 1.807) is 12.3 Å². The van der Waals surface area contributed by atoms with Crippen molar-refractivity contribution in [3.05, 3.63) is 71.7 Å². The minimum Gasteiger partial charge on any atom is -0.464 e. The molecule has 3 heterocycles. The van der Waals surface area contributed by atoms with Crippen molar-refractivity contribution in [2.45, 2.75) is 25.7 Å². The Bertz CT molecular complexity index is 1140. The molecule has 2 aromatic carbocycles. The summed E-state index contributed by atoms with van der Waals surface area (Å²) < 4.78 is 26.1. The highest BCUT2D eigenvalue weighted by Gasteiger charge is 2.44. The lowest BCUT2D eigenvalue weighted by molar-refractivity contribution is -0.145. The van der Waals surface area contributed by atoms with E-state index in [2.05, 4.69) is 18.0 Å². The highest BCUT2D eigenvalue weighted by molar-refractivity contribution is 5.83. The van der Waals surface area contributed by atoms with Gasteiger partial charge in [-0.25, -0.2) is 4.39 Å². The number of carbonyl (C=O) groups is 1. The number of carbonyl (C=O) groups excluding carboxylic acids is 1. The van der Waals surface area contributed by atoms with Crippen LogP contribution in [0.4, 0.5) is 4.39 Å². The lowest BCUT2D eigenvalue weighted by atomic mass is 9.72. The average Bonchev–Trinajstić information content (AvgIpc) is 3.22. The Labute approximate surface area is 200 Å². The van der Waals surface area contributed by atoms with Crippen LogP contribution in [0.3, 0.4) is 0 Å².